The Labute approximate surface area is 123 Å². The van der Waals surface area contributed by atoms with Gasteiger partial charge in [0.1, 0.15) is 0 Å². The highest BCUT2D eigenvalue weighted by Gasteiger charge is 2.32. The molecule has 0 aliphatic carbocycles. The van der Waals surface area contributed by atoms with Gasteiger partial charge in [-0.15, -0.1) is 0 Å². The number of nitrogens with zero attached hydrogens (tertiary/aromatic N) is 1. The van der Waals surface area contributed by atoms with E-state index in [-0.39, 0.29) is 10.7 Å². The molecule has 0 aliphatic heterocycles. The van der Waals surface area contributed by atoms with Gasteiger partial charge in [0.25, 0.3) is 5.91 Å². The van der Waals surface area contributed by atoms with Crippen LogP contribution in [-0.4, -0.2) is 16.6 Å². The summed E-state index contributed by atoms with van der Waals surface area (Å²) in [6.45, 7) is 5.43. The van der Waals surface area contributed by atoms with Gasteiger partial charge < -0.3 is 0 Å². The van der Waals surface area contributed by atoms with E-state index in [0.717, 1.165) is 12.8 Å². The molecule has 0 unspecified atom stereocenters. The Bertz CT molecular complexity index is 443. The number of hydrogen-bond acceptors (Lipinski definition) is 1. The minimum absolute atomic E-state index is 0.157. The first-order chi connectivity index (χ1) is 8.77. The number of unbranched alkanes of at least 4 members (excludes halogenated alkanes) is 1. The van der Waals surface area contributed by atoms with Crippen molar-refractivity contribution in [2.24, 2.45) is 0 Å². The molecule has 1 amide bonds. The summed E-state index contributed by atoms with van der Waals surface area (Å²) >= 11 is 11.6. The minimum Gasteiger partial charge on any atom is -0.266 e. The maximum atomic E-state index is 14.2. The Morgan fingerprint density at radius 2 is 1.79 bits per heavy atom. The predicted molar refractivity (Wildman–Crippen MR) is 77.3 cm³/mol. The van der Waals surface area contributed by atoms with Crippen molar-refractivity contribution >= 4 is 29.1 Å². The fourth-order valence-electron chi connectivity index (χ4n) is 1.77. The van der Waals surface area contributed by atoms with Crippen molar-refractivity contribution in [1.29, 1.82) is 0 Å². The summed E-state index contributed by atoms with van der Waals surface area (Å²) in [7, 11) is 0. The van der Waals surface area contributed by atoms with Crippen LogP contribution in [0.1, 0.15) is 50.4 Å². The molecule has 5 heteroatoms. The first-order valence-corrected chi connectivity index (χ1v) is 7.00. The summed E-state index contributed by atoms with van der Waals surface area (Å²) in [5, 5.41) is 0.899. The molecular weight excluding hydrogens is 288 g/mol. The van der Waals surface area contributed by atoms with Crippen LogP contribution in [0.5, 0.6) is 0 Å². The molecule has 0 fully saturated rings. The van der Waals surface area contributed by atoms with E-state index in [1.165, 1.54) is 18.2 Å². The third-order valence-electron chi connectivity index (χ3n) is 2.96. The van der Waals surface area contributed by atoms with E-state index in [0.29, 0.717) is 16.5 Å². The quantitative estimate of drug-likeness (QED) is 0.677. The van der Waals surface area contributed by atoms with Gasteiger partial charge in [-0.1, -0.05) is 47.4 Å². The molecule has 0 atom stereocenters. The van der Waals surface area contributed by atoms with E-state index in [1.807, 2.05) is 6.92 Å². The SMILES string of the molecule is CCCCC(C)(C)N(F)C(=O)c1cc(Cl)cc(Cl)c1. The first kappa shape index (κ1) is 16.3. The fraction of sp³-hybridized carbons (Fsp3) is 0.500. The van der Waals surface area contributed by atoms with E-state index in [4.69, 9.17) is 23.2 Å². The molecule has 0 aromatic heterocycles. The maximum Gasteiger partial charge on any atom is 0.282 e. The first-order valence-electron chi connectivity index (χ1n) is 6.24. The molecule has 0 radical (unpaired) electrons. The van der Waals surface area contributed by atoms with Crippen molar-refractivity contribution in [1.82, 2.24) is 5.12 Å². The van der Waals surface area contributed by atoms with Crippen LogP contribution in [-0.2, 0) is 0 Å². The molecule has 106 valence electrons. The Balaban J connectivity index is 2.92. The van der Waals surface area contributed by atoms with Gasteiger partial charge in [-0.25, -0.2) is 0 Å². The molecule has 0 N–H and O–H groups in total. The summed E-state index contributed by atoms with van der Waals surface area (Å²) in [6, 6.07) is 4.33. The number of rotatable bonds is 5. The van der Waals surface area contributed by atoms with Crippen molar-refractivity contribution in [3.8, 4) is 0 Å². The molecule has 0 bridgehead atoms. The summed E-state index contributed by atoms with van der Waals surface area (Å²) in [6.07, 6.45) is 2.41. The monoisotopic (exact) mass is 305 g/mol. The highest BCUT2D eigenvalue weighted by molar-refractivity contribution is 6.35. The van der Waals surface area contributed by atoms with Crippen molar-refractivity contribution in [3.63, 3.8) is 0 Å². The second kappa shape index (κ2) is 6.58. The second-order valence-electron chi connectivity index (χ2n) is 5.16. The molecule has 19 heavy (non-hydrogen) atoms. The maximum absolute atomic E-state index is 14.2. The Morgan fingerprint density at radius 3 is 2.26 bits per heavy atom. The lowest BCUT2D eigenvalue weighted by atomic mass is 9.96. The minimum atomic E-state index is -0.845. The van der Waals surface area contributed by atoms with Crippen LogP contribution in [0.3, 0.4) is 0 Å². The van der Waals surface area contributed by atoms with Crippen LogP contribution >= 0.6 is 23.2 Å². The van der Waals surface area contributed by atoms with Gasteiger partial charge in [0.15, 0.2) is 0 Å². The molecule has 0 saturated carbocycles. The Kier molecular flexibility index (Phi) is 5.63. The second-order valence-corrected chi connectivity index (χ2v) is 6.03. The summed E-state index contributed by atoms with van der Waals surface area (Å²) in [4.78, 5) is 12.1. The number of amides is 1. The number of hydrogen-bond donors (Lipinski definition) is 0. The Morgan fingerprint density at radius 1 is 1.26 bits per heavy atom. The van der Waals surface area contributed by atoms with Crippen molar-refractivity contribution < 1.29 is 9.28 Å². The number of carbonyl (C=O) groups excluding carboxylic acids is 1. The van der Waals surface area contributed by atoms with E-state index in [9.17, 15) is 9.28 Å². The van der Waals surface area contributed by atoms with Gasteiger partial charge in [-0.05, 0) is 38.5 Å². The van der Waals surface area contributed by atoms with Gasteiger partial charge >= 0.3 is 0 Å². The zero-order valence-electron chi connectivity index (χ0n) is 11.3. The van der Waals surface area contributed by atoms with Gasteiger partial charge in [-0.3, -0.25) is 4.79 Å². The van der Waals surface area contributed by atoms with Crippen LogP contribution in [0.15, 0.2) is 18.2 Å². The molecule has 0 saturated heterocycles. The molecule has 2 nitrogen and oxygen atoms in total. The van der Waals surface area contributed by atoms with Gasteiger partial charge in [0.05, 0.1) is 5.54 Å². The topological polar surface area (TPSA) is 20.3 Å². The molecule has 1 aromatic rings. The predicted octanol–water partition coefficient (Wildman–Crippen LogP) is 5.29. The summed E-state index contributed by atoms with van der Waals surface area (Å²) in [5.74, 6) is -0.717. The van der Waals surface area contributed by atoms with Crippen molar-refractivity contribution in [2.75, 3.05) is 0 Å². The van der Waals surface area contributed by atoms with Gasteiger partial charge in [0.2, 0.25) is 0 Å². The number of halogens is 3. The number of benzene rings is 1. The number of carbonyl (C=O) groups is 1. The standard InChI is InChI=1S/C14H18Cl2FNO/c1-4-5-6-14(2,3)18(17)13(19)10-7-11(15)9-12(16)8-10/h7-9H,4-6H2,1-3H3. The highest BCUT2D eigenvalue weighted by Crippen LogP contribution is 2.26. The largest absolute Gasteiger partial charge is 0.282 e. The van der Waals surface area contributed by atoms with Crippen molar-refractivity contribution in [3.05, 3.63) is 33.8 Å². The zero-order chi connectivity index (χ0) is 14.6. The molecule has 0 spiro atoms. The van der Waals surface area contributed by atoms with Crippen LogP contribution in [0.4, 0.5) is 4.48 Å². The summed E-state index contributed by atoms with van der Waals surface area (Å²) < 4.78 is 14.2. The molecule has 0 heterocycles. The van der Waals surface area contributed by atoms with Crippen LogP contribution < -0.4 is 0 Å². The lowest BCUT2D eigenvalue weighted by Gasteiger charge is -2.31. The average molecular weight is 306 g/mol. The smallest absolute Gasteiger partial charge is 0.266 e. The molecular formula is C14H18Cl2FNO. The third-order valence-corrected chi connectivity index (χ3v) is 3.40. The summed E-state index contributed by atoms with van der Waals surface area (Å²) in [5.41, 5.74) is -0.688. The van der Waals surface area contributed by atoms with Crippen LogP contribution in [0, 0.1) is 0 Å². The van der Waals surface area contributed by atoms with Crippen molar-refractivity contribution in [2.45, 2.75) is 45.6 Å². The Hall–Kier alpha value is -0.800. The average Bonchev–Trinajstić information content (AvgIpc) is 2.33. The zero-order valence-corrected chi connectivity index (χ0v) is 12.9. The lowest BCUT2D eigenvalue weighted by Crippen LogP contribution is -2.42. The van der Waals surface area contributed by atoms with E-state index >= 15 is 0 Å². The molecule has 1 rings (SSSR count). The van der Waals surface area contributed by atoms with E-state index in [1.54, 1.807) is 13.8 Å². The fourth-order valence-corrected chi connectivity index (χ4v) is 2.30. The van der Waals surface area contributed by atoms with Gasteiger partial charge in [0, 0.05) is 15.6 Å². The molecule has 0 aliphatic rings. The van der Waals surface area contributed by atoms with E-state index < -0.39 is 11.4 Å². The lowest BCUT2D eigenvalue weighted by molar-refractivity contribution is -0.0432. The third kappa shape index (κ3) is 4.36. The molecule has 1 aromatic carbocycles. The highest BCUT2D eigenvalue weighted by atomic mass is 35.5. The van der Waals surface area contributed by atoms with E-state index in [2.05, 4.69) is 0 Å². The van der Waals surface area contributed by atoms with Gasteiger partial charge in [-0.2, -0.15) is 5.12 Å². The normalized spacial score (nSPS) is 11.5. The van der Waals surface area contributed by atoms with Crippen LogP contribution in [0.2, 0.25) is 10.0 Å². The van der Waals surface area contributed by atoms with Crippen LogP contribution in [0.25, 0.3) is 0 Å².